The summed E-state index contributed by atoms with van der Waals surface area (Å²) in [5.41, 5.74) is 2.28. The largest absolute Gasteiger partial charge is 0.478 e. The molecule has 15 heavy (non-hydrogen) atoms. The number of benzene rings is 1. The molecule has 0 saturated carbocycles. The smallest absolute Gasteiger partial charge is 0.335 e. The van der Waals surface area contributed by atoms with Gasteiger partial charge in [-0.2, -0.15) is 0 Å². The van der Waals surface area contributed by atoms with Gasteiger partial charge in [0.1, 0.15) is 0 Å². The van der Waals surface area contributed by atoms with Crippen LogP contribution in [0.25, 0.3) is 11.6 Å². The van der Waals surface area contributed by atoms with Crippen molar-refractivity contribution in [1.29, 1.82) is 0 Å². The molecule has 0 saturated heterocycles. The molecule has 0 aromatic heterocycles. The summed E-state index contributed by atoms with van der Waals surface area (Å²) in [6, 6.07) is 5.10. The van der Waals surface area contributed by atoms with Crippen LogP contribution < -0.4 is 0 Å². The van der Waals surface area contributed by atoms with Crippen LogP contribution in [0.1, 0.15) is 22.8 Å². The third kappa shape index (κ3) is 1.57. The maximum Gasteiger partial charge on any atom is 0.335 e. The van der Waals surface area contributed by atoms with Crippen LogP contribution in [0.3, 0.4) is 0 Å². The van der Waals surface area contributed by atoms with Gasteiger partial charge in [0.2, 0.25) is 0 Å². The molecule has 3 nitrogen and oxygen atoms in total. The minimum Gasteiger partial charge on any atom is -0.478 e. The number of fused-ring (bicyclic) bond motifs is 1. The molecule has 3 heteroatoms. The Labute approximate surface area is 87.0 Å². The van der Waals surface area contributed by atoms with Gasteiger partial charge in [0.05, 0.1) is 11.7 Å². The summed E-state index contributed by atoms with van der Waals surface area (Å²) in [7, 11) is 0. The van der Waals surface area contributed by atoms with Crippen LogP contribution >= 0.6 is 0 Å². The molecular formula is C12H10O3. The van der Waals surface area contributed by atoms with Crippen molar-refractivity contribution in [3.8, 4) is 0 Å². The molecule has 76 valence electrons. The zero-order chi connectivity index (χ0) is 11.0. The minimum absolute atomic E-state index is 0.0626. The van der Waals surface area contributed by atoms with Gasteiger partial charge in [-0.1, -0.05) is 30.9 Å². The van der Waals surface area contributed by atoms with E-state index >= 15 is 0 Å². The molecule has 0 spiro atoms. The number of rotatable bonds is 2. The van der Waals surface area contributed by atoms with E-state index in [9.17, 15) is 9.90 Å². The fraction of sp³-hybridized carbons (Fsp3) is 0.0833. The molecular weight excluding hydrogens is 192 g/mol. The van der Waals surface area contributed by atoms with E-state index in [-0.39, 0.29) is 5.57 Å². The Morgan fingerprint density at radius 3 is 2.80 bits per heavy atom. The lowest BCUT2D eigenvalue weighted by Crippen LogP contribution is -1.99. The summed E-state index contributed by atoms with van der Waals surface area (Å²) in [6.45, 7) is 3.48. The maximum atomic E-state index is 10.7. The second kappa shape index (κ2) is 3.37. The monoisotopic (exact) mass is 202 g/mol. The van der Waals surface area contributed by atoms with E-state index in [1.807, 2.05) is 0 Å². The topological polar surface area (TPSA) is 57.5 Å². The average molecular weight is 202 g/mol. The molecule has 0 bridgehead atoms. The fourth-order valence-electron chi connectivity index (χ4n) is 1.60. The van der Waals surface area contributed by atoms with Crippen molar-refractivity contribution >= 4 is 17.6 Å². The number of aliphatic hydroxyl groups is 1. The van der Waals surface area contributed by atoms with Crippen LogP contribution in [0.2, 0.25) is 0 Å². The lowest BCUT2D eigenvalue weighted by Gasteiger charge is -2.06. The van der Waals surface area contributed by atoms with Crippen molar-refractivity contribution in [1.82, 2.24) is 0 Å². The molecule has 1 aliphatic rings. The molecule has 0 radical (unpaired) electrons. The van der Waals surface area contributed by atoms with Crippen LogP contribution in [-0.2, 0) is 4.79 Å². The van der Waals surface area contributed by atoms with Gasteiger partial charge in [-0.15, -0.1) is 0 Å². The Bertz CT molecular complexity index is 472. The first-order chi connectivity index (χ1) is 7.09. The molecule has 1 aliphatic carbocycles. The van der Waals surface area contributed by atoms with Crippen molar-refractivity contribution in [2.45, 2.75) is 6.10 Å². The number of carboxylic acid groups (broad SMARTS) is 1. The molecule has 0 amide bonds. The summed E-state index contributed by atoms with van der Waals surface area (Å²) in [4.78, 5) is 10.7. The Hall–Kier alpha value is -1.87. The predicted molar refractivity (Wildman–Crippen MR) is 57.1 cm³/mol. The van der Waals surface area contributed by atoms with Crippen molar-refractivity contribution in [2.24, 2.45) is 0 Å². The second-order valence-electron chi connectivity index (χ2n) is 3.43. The summed E-state index contributed by atoms with van der Waals surface area (Å²) in [6.07, 6.45) is 2.86. The Balaban J connectivity index is 2.43. The second-order valence-corrected chi connectivity index (χ2v) is 3.43. The number of carboxylic acids is 1. The zero-order valence-corrected chi connectivity index (χ0v) is 7.97. The van der Waals surface area contributed by atoms with E-state index < -0.39 is 12.1 Å². The van der Waals surface area contributed by atoms with Crippen LogP contribution in [0, 0.1) is 0 Å². The average Bonchev–Trinajstić information content (AvgIpc) is 2.59. The lowest BCUT2D eigenvalue weighted by molar-refractivity contribution is -0.130. The highest BCUT2D eigenvalue weighted by molar-refractivity contribution is 6.14. The van der Waals surface area contributed by atoms with E-state index in [0.29, 0.717) is 5.56 Å². The summed E-state index contributed by atoms with van der Waals surface area (Å²) >= 11 is 0. The highest BCUT2D eigenvalue weighted by atomic mass is 16.4. The minimum atomic E-state index is -1.03. The van der Waals surface area contributed by atoms with E-state index in [1.165, 1.54) is 0 Å². The SMILES string of the molecule is C=C(C(=O)O)c1ccc2c(c1)C=CC2O. The number of hydrogen-bond acceptors (Lipinski definition) is 2. The third-order valence-corrected chi connectivity index (χ3v) is 2.47. The summed E-state index contributed by atoms with van der Waals surface area (Å²) in [5, 5.41) is 18.3. The van der Waals surface area contributed by atoms with E-state index in [2.05, 4.69) is 6.58 Å². The molecule has 0 fully saturated rings. The quantitative estimate of drug-likeness (QED) is 0.719. The van der Waals surface area contributed by atoms with E-state index in [0.717, 1.165) is 11.1 Å². The molecule has 1 atom stereocenters. The standard InChI is InChI=1S/C12H10O3/c1-7(12(14)15)8-2-4-10-9(6-8)3-5-11(10)13/h2-6,11,13H,1H2,(H,14,15). The Kier molecular flexibility index (Phi) is 2.17. The predicted octanol–water partition coefficient (Wildman–Crippen LogP) is 1.84. The van der Waals surface area contributed by atoms with Crippen LogP contribution in [-0.4, -0.2) is 16.2 Å². The van der Waals surface area contributed by atoms with Gasteiger partial charge in [0, 0.05) is 0 Å². The molecule has 0 aliphatic heterocycles. The molecule has 2 rings (SSSR count). The molecule has 1 unspecified atom stereocenters. The normalized spacial score (nSPS) is 17.5. The van der Waals surface area contributed by atoms with Crippen LogP contribution in [0.4, 0.5) is 0 Å². The zero-order valence-electron chi connectivity index (χ0n) is 7.97. The first-order valence-corrected chi connectivity index (χ1v) is 4.52. The van der Waals surface area contributed by atoms with Crippen LogP contribution in [0.15, 0.2) is 30.9 Å². The van der Waals surface area contributed by atoms with Gasteiger partial charge in [-0.25, -0.2) is 4.79 Å². The summed E-state index contributed by atoms with van der Waals surface area (Å²) in [5.74, 6) is -1.03. The number of carbonyl (C=O) groups is 1. The van der Waals surface area contributed by atoms with Crippen molar-refractivity contribution in [2.75, 3.05) is 0 Å². The van der Waals surface area contributed by atoms with Crippen LogP contribution in [0.5, 0.6) is 0 Å². The first-order valence-electron chi connectivity index (χ1n) is 4.52. The van der Waals surface area contributed by atoms with Crippen molar-refractivity contribution in [3.63, 3.8) is 0 Å². The lowest BCUT2D eigenvalue weighted by atomic mass is 10.0. The number of aliphatic carboxylic acids is 1. The highest BCUT2D eigenvalue weighted by Crippen LogP contribution is 2.30. The summed E-state index contributed by atoms with van der Waals surface area (Å²) < 4.78 is 0. The van der Waals surface area contributed by atoms with Gasteiger partial charge in [-0.3, -0.25) is 0 Å². The Morgan fingerprint density at radius 2 is 2.13 bits per heavy atom. The van der Waals surface area contributed by atoms with Gasteiger partial charge >= 0.3 is 5.97 Å². The third-order valence-electron chi connectivity index (χ3n) is 2.47. The van der Waals surface area contributed by atoms with Gasteiger partial charge < -0.3 is 10.2 Å². The van der Waals surface area contributed by atoms with E-state index in [1.54, 1.807) is 30.4 Å². The number of aliphatic hydroxyl groups excluding tert-OH is 1. The molecule has 2 N–H and O–H groups in total. The van der Waals surface area contributed by atoms with Crippen molar-refractivity contribution < 1.29 is 15.0 Å². The Morgan fingerprint density at radius 1 is 1.40 bits per heavy atom. The molecule has 1 aromatic rings. The van der Waals surface area contributed by atoms with Gasteiger partial charge in [0.15, 0.2) is 0 Å². The molecule has 1 aromatic carbocycles. The number of hydrogen-bond donors (Lipinski definition) is 2. The van der Waals surface area contributed by atoms with Crippen molar-refractivity contribution in [3.05, 3.63) is 47.5 Å². The maximum absolute atomic E-state index is 10.7. The first kappa shape index (κ1) is 9.68. The highest BCUT2D eigenvalue weighted by Gasteiger charge is 2.16. The van der Waals surface area contributed by atoms with E-state index in [4.69, 9.17) is 5.11 Å². The van der Waals surface area contributed by atoms with Gasteiger partial charge in [0.25, 0.3) is 0 Å². The van der Waals surface area contributed by atoms with Gasteiger partial charge in [-0.05, 0) is 22.8 Å². The molecule has 0 heterocycles. The fourth-order valence-corrected chi connectivity index (χ4v) is 1.60.